The summed E-state index contributed by atoms with van der Waals surface area (Å²) in [6, 6.07) is 8.11. The van der Waals surface area contributed by atoms with Gasteiger partial charge in [-0.25, -0.2) is 4.79 Å². The molecule has 2 heterocycles. The van der Waals surface area contributed by atoms with Gasteiger partial charge in [0.15, 0.2) is 0 Å². The fraction of sp³-hybridized carbons (Fsp3) is 0.133. The first-order chi connectivity index (χ1) is 11.0. The Morgan fingerprint density at radius 2 is 1.91 bits per heavy atom. The molecule has 0 bridgehead atoms. The van der Waals surface area contributed by atoms with Gasteiger partial charge in [0.2, 0.25) is 0 Å². The summed E-state index contributed by atoms with van der Waals surface area (Å²) in [5.74, 6) is 1.67. The van der Waals surface area contributed by atoms with Gasteiger partial charge in [0.05, 0.1) is 16.3 Å². The van der Waals surface area contributed by atoms with E-state index in [1.165, 1.54) is 0 Å². The van der Waals surface area contributed by atoms with Crippen LogP contribution >= 0.6 is 11.6 Å². The number of furan rings is 1. The standard InChI is InChI=1S/C15H13ClN4O3/c1-8-7-10(9(2)22-8)13-19-20-15(23-13)18-14(21)17-12-6-4-3-5-11(12)16/h3-7H,1-2H3,(H2,17,18,20,21). The van der Waals surface area contributed by atoms with E-state index in [9.17, 15) is 4.79 Å². The first kappa shape index (κ1) is 15.1. The second kappa shape index (κ2) is 6.13. The number of halogens is 1. The van der Waals surface area contributed by atoms with Gasteiger partial charge < -0.3 is 14.2 Å². The summed E-state index contributed by atoms with van der Waals surface area (Å²) in [6.45, 7) is 3.62. The first-order valence-electron chi connectivity index (χ1n) is 6.76. The summed E-state index contributed by atoms with van der Waals surface area (Å²) < 4.78 is 10.8. The van der Waals surface area contributed by atoms with Crippen LogP contribution in [-0.4, -0.2) is 16.2 Å². The summed E-state index contributed by atoms with van der Waals surface area (Å²) in [7, 11) is 0. The monoisotopic (exact) mass is 332 g/mol. The summed E-state index contributed by atoms with van der Waals surface area (Å²) in [4.78, 5) is 11.9. The van der Waals surface area contributed by atoms with E-state index < -0.39 is 6.03 Å². The van der Waals surface area contributed by atoms with Crippen molar-refractivity contribution in [1.29, 1.82) is 0 Å². The molecule has 7 nitrogen and oxygen atoms in total. The van der Waals surface area contributed by atoms with Gasteiger partial charge in [0.25, 0.3) is 5.89 Å². The van der Waals surface area contributed by atoms with Crippen LogP contribution in [0.5, 0.6) is 0 Å². The van der Waals surface area contributed by atoms with E-state index in [4.69, 9.17) is 20.4 Å². The average Bonchev–Trinajstić information content (AvgIpc) is 3.07. The zero-order valence-corrected chi connectivity index (χ0v) is 13.1. The number of benzene rings is 1. The highest BCUT2D eigenvalue weighted by Gasteiger charge is 2.16. The zero-order valence-electron chi connectivity index (χ0n) is 12.4. The molecule has 0 atom stereocenters. The second-order valence-corrected chi connectivity index (χ2v) is 5.21. The van der Waals surface area contributed by atoms with Crippen molar-refractivity contribution in [2.75, 3.05) is 10.6 Å². The van der Waals surface area contributed by atoms with Crippen LogP contribution in [0.4, 0.5) is 16.5 Å². The Hall–Kier alpha value is -2.80. The van der Waals surface area contributed by atoms with Crippen LogP contribution in [0, 0.1) is 13.8 Å². The van der Waals surface area contributed by atoms with Crippen molar-refractivity contribution in [1.82, 2.24) is 10.2 Å². The van der Waals surface area contributed by atoms with E-state index in [0.717, 1.165) is 5.76 Å². The highest BCUT2D eigenvalue weighted by atomic mass is 35.5. The number of aromatic nitrogens is 2. The Bertz CT molecular complexity index is 856. The molecule has 2 N–H and O–H groups in total. The molecule has 2 amide bonds. The van der Waals surface area contributed by atoms with Crippen LogP contribution in [0.3, 0.4) is 0 Å². The molecule has 1 aromatic carbocycles. The SMILES string of the molecule is Cc1cc(-c2nnc(NC(=O)Nc3ccccc3Cl)o2)c(C)o1. The van der Waals surface area contributed by atoms with Gasteiger partial charge >= 0.3 is 12.0 Å². The lowest BCUT2D eigenvalue weighted by molar-refractivity contribution is 0.261. The van der Waals surface area contributed by atoms with E-state index in [2.05, 4.69) is 20.8 Å². The lowest BCUT2D eigenvalue weighted by Gasteiger charge is -2.05. The van der Waals surface area contributed by atoms with E-state index in [1.54, 1.807) is 37.3 Å². The predicted octanol–water partition coefficient (Wildman–Crippen LogP) is 4.24. The molecule has 0 aliphatic carbocycles. The number of hydrogen-bond donors (Lipinski definition) is 2. The van der Waals surface area contributed by atoms with Gasteiger partial charge in [-0.2, -0.15) is 0 Å². The van der Waals surface area contributed by atoms with Crippen molar-refractivity contribution in [3.05, 3.63) is 46.9 Å². The maximum atomic E-state index is 11.9. The number of aryl methyl sites for hydroxylation is 2. The van der Waals surface area contributed by atoms with Gasteiger partial charge in [-0.15, -0.1) is 5.10 Å². The fourth-order valence-corrected chi connectivity index (χ4v) is 2.22. The van der Waals surface area contributed by atoms with Crippen molar-refractivity contribution in [3.8, 4) is 11.5 Å². The number of amides is 2. The van der Waals surface area contributed by atoms with Crippen LogP contribution in [0.1, 0.15) is 11.5 Å². The Labute approximate surface area is 136 Å². The summed E-state index contributed by atoms with van der Waals surface area (Å²) in [6.07, 6.45) is 0. The Kier molecular flexibility index (Phi) is 4.03. The molecule has 0 radical (unpaired) electrons. The van der Waals surface area contributed by atoms with E-state index in [0.29, 0.717) is 22.0 Å². The first-order valence-corrected chi connectivity index (χ1v) is 7.14. The van der Waals surface area contributed by atoms with E-state index in [1.807, 2.05) is 6.92 Å². The normalized spacial score (nSPS) is 10.6. The van der Waals surface area contributed by atoms with Gasteiger partial charge in [-0.05, 0) is 32.0 Å². The van der Waals surface area contributed by atoms with Crippen molar-refractivity contribution < 1.29 is 13.6 Å². The molecule has 0 aliphatic heterocycles. The lowest BCUT2D eigenvalue weighted by Crippen LogP contribution is -2.19. The highest BCUT2D eigenvalue weighted by Crippen LogP contribution is 2.26. The largest absolute Gasteiger partial charge is 0.466 e. The molecule has 0 spiro atoms. The predicted molar refractivity (Wildman–Crippen MR) is 85.6 cm³/mol. The third-order valence-electron chi connectivity index (χ3n) is 3.04. The van der Waals surface area contributed by atoms with Crippen LogP contribution in [-0.2, 0) is 0 Å². The molecule has 23 heavy (non-hydrogen) atoms. The molecule has 0 fully saturated rings. The number of anilines is 2. The van der Waals surface area contributed by atoms with Crippen LogP contribution < -0.4 is 10.6 Å². The van der Waals surface area contributed by atoms with Gasteiger partial charge in [0.1, 0.15) is 11.5 Å². The van der Waals surface area contributed by atoms with Gasteiger partial charge in [0, 0.05) is 0 Å². The van der Waals surface area contributed by atoms with Crippen molar-refractivity contribution in [2.45, 2.75) is 13.8 Å². The minimum atomic E-state index is -0.534. The average molecular weight is 333 g/mol. The molecule has 0 saturated carbocycles. The van der Waals surface area contributed by atoms with E-state index >= 15 is 0 Å². The molecular formula is C15H13ClN4O3. The number of para-hydroxylation sites is 1. The minimum Gasteiger partial charge on any atom is -0.466 e. The third-order valence-corrected chi connectivity index (χ3v) is 3.37. The number of urea groups is 1. The van der Waals surface area contributed by atoms with Crippen molar-refractivity contribution in [2.24, 2.45) is 0 Å². The number of carbonyl (C=O) groups is 1. The van der Waals surface area contributed by atoms with Gasteiger partial charge in [-0.1, -0.05) is 28.8 Å². The number of hydrogen-bond acceptors (Lipinski definition) is 5. The molecule has 3 rings (SSSR count). The maximum Gasteiger partial charge on any atom is 0.327 e. The topological polar surface area (TPSA) is 93.2 Å². The van der Waals surface area contributed by atoms with Crippen LogP contribution in [0.15, 0.2) is 39.2 Å². The number of carbonyl (C=O) groups excluding carboxylic acids is 1. The Morgan fingerprint density at radius 1 is 1.13 bits per heavy atom. The molecule has 0 unspecified atom stereocenters. The Morgan fingerprint density at radius 3 is 2.61 bits per heavy atom. The second-order valence-electron chi connectivity index (χ2n) is 4.80. The maximum absolute atomic E-state index is 11.9. The number of nitrogens with zero attached hydrogens (tertiary/aromatic N) is 2. The molecule has 3 aromatic rings. The lowest BCUT2D eigenvalue weighted by atomic mass is 10.2. The molecule has 0 aliphatic rings. The summed E-state index contributed by atoms with van der Waals surface area (Å²) in [5.41, 5.74) is 1.17. The molecule has 118 valence electrons. The molecule has 0 saturated heterocycles. The van der Waals surface area contributed by atoms with Crippen LogP contribution in [0.25, 0.3) is 11.5 Å². The van der Waals surface area contributed by atoms with Crippen molar-refractivity contribution >= 4 is 29.3 Å². The molecule has 2 aromatic heterocycles. The van der Waals surface area contributed by atoms with Crippen molar-refractivity contribution in [3.63, 3.8) is 0 Å². The molecular weight excluding hydrogens is 320 g/mol. The minimum absolute atomic E-state index is 0.0252. The quantitative estimate of drug-likeness (QED) is 0.748. The van der Waals surface area contributed by atoms with E-state index in [-0.39, 0.29) is 11.9 Å². The van der Waals surface area contributed by atoms with Crippen LogP contribution in [0.2, 0.25) is 5.02 Å². The smallest absolute Gasteiger partial charge is 0.327 e. The molecule has 8 heteroatoms. The third kappa shape index (κ3) is 3.35. The number of nitrogens with one attached hydrogen (secondary N) is 2. The summed E-state index contributed by atoms with van der Waals surface area (Å²) in [5, 5.41) is 13.2. The summed E-state index contributed by atoms with van der Waals surface area (Å²) >= 11 is 5.97. The Balaban J connectivity index is 1.71. The number of rotatable bonds is 3. The van der Waals surface area contributed by atoms with Gasteiger partial charge in [-0.3, -0.25) is 5.32 Å². The fourth-order valence-electron chi connectivity index (χ4n) is 2.04. The highest BCUT2D eigenvalue weighted by molar-refractivity contribution is 6.33. The zero-order chi connectivity index (χ0) is 16.4.